The second-order valence-corrected chi connectivity index (χ2v) is 24.2. The summed E-state index contributed by atoms with van der Waals surface area (Å²) in [5.74, 6) is -0.0212. The van der Waals surface area contributed by atoms with Crippen molar-refractivity contribution < 1.29 is 24.5 Å². The summed E-state index contributed by atoms with van der Waals surface area (Å²) < 4.78 is 5.51. The quantitative estimate of drug-likeness (QED) is 0.0320. The van der Waals surface area contributed by atoms with Gasteiger partial charge in [-0.05, 0) is 77.0 Å². The van der Waals surface area contributed by atoms with Gasteiger partial charge < -0.3 is 20.3 Å². The van der Waals surface area contributed by atoms with Gasteiger partial charge in [0.25, 0.3) is 0 Å². The van der Waals surface area contributed by atoms with Crippen molar-refractivity contribution >= 4 is 11.9 Å². The zero-order valence-corrected chi connectivity index (χ0v) is 52.2. The van der Waals surface area contributed by atoms with Gasteiger partial charge in [-0.25, -0.2) is 0 Å². The molecule has 0 heterocycles. The van der Waals surface area contributed by atoms with E-state index in [4.69, 9.17) is 4.74 Å². The lowest BCUT2D eigenvalue weighted by atomic mass is 10.0. The van der Waals surface area contributed by atoms with E-state index in [1.165, 1.54) is 315 Å². The first-order chi connectivity index (χ1) is 38.0. The van der Waals surface area contributed by atoms with E-state index in [0.717, 1.165) is 44.9 Å². The lowest BCUT2D eigenvalue weighted by Crippen LogP contribution is -2.45. The van der Waals surface area contributed by atoms with Gasteiger partial charge in [-0.1, -0.05) is 327 Å². The molecule has 0 radical (unpaired) electrons. The van der Waals surface area contributed by atoms with Gasteiger partial charge in [0.15, 0.2) is 0 Å². The van der Waals surface area contributed by atoms with Gasteiger partial charge in [0.05, 0.1) is 25.4 Å². The molecule has 77 heavy (non-hydrogen) atoms. The average Bonchev–Trinajstić information content (AvgIpc) is 3.43. The molecule has 0 fully saturated rings. The van der Waals surface area contributed by atoms with Gasteiger partial charge >= 0.3 is 5.97 Å². The number of hydrogen-bond acceptors (Lipinski definition) is 5. The first-order valence-corrected chi connectivity index (χ1v) is 35.1. The summed E-state index contributed by atoms with van der Waals surface area (Å²) in [6.07, 6.45) is 83.6. The molecule has 6 heteroatoms. The normalized spacial score (nSPS) is 12.6. The molecule has 2 unspecified atom stereocenters. The smallest absolute Gasteiger partial charge is 0.305 e. The van der Waals surface area contributed by atoms with Gasteiger partial charge in [0.2, 0.25) is 5.91 Å². The Balaban J connectivity index is 3.37. The molecule has 2 atom stereocenters. The third kappa shape index (κ3) is 63.4. The highest BCUT2D eigenvalue weighted by Crippen LogP contribution is 2.18. The molecule has 0 aromatic heterocycles. The SMILES string of the molecule is CCCCCCCC/C=C\CCCCCCCCCCCC(=O)OCCCCCCCCCCCCCC/C=C\CCCCCCCCCCCC(=O)NC(CO)C(O)CCCCCCCCCCCCCCCCCC. The molecule has 0 aliphatic carbocycles. The number of allylic oxidation sites excluding steroid dienone is 4. The molecule has 0 saturated heterocycles. The Morgan fingerprint density at radius 2 is 0.610 bits per heavy atom. The highest BCUT2D eigenvalue weighted by Gasteiger charge is 2.20. The molecule has 0 spiro atoms. The van der Waals surface area contributed by atoms with Crippen LogP contribution in [0.4, 0.5) is 0 Å². The maximum atomic E-state index is 12.5. The van der Waals surface area contributed by atoms with Gasteiger partial charge in [0, 0.05) is 12.8 Å². The average molecular weight is 1080 g/mol. The molecule has 0 aliphatic rings. The summed E-state index contributed by atoms with van der Waals surface area (Å²) in [6.45, 7) is 4.98. The maximum absolute atomic E-state index is 12.5. The van der Waals surface area contributed by atoms with Crippen LogP contribution in [0.5, 0.6) is 0 Å². The summed E-state index contributed by atoms with van der Waals surface area (Å²) in [6, 6.07) is -0.544. The molecular weight excluding hydrogens is 947 g/mol. The maximum Gasteiger partial charge on any atom is 0.305 e. The Kier molecular flexibility index (Phi) is 65.4. The third-order valence-corrected chi connectivity index (χ3v) is 16.5. The van der Waals surface area contributed by atoms with E-state index in [1.807, 2.05) is 0 Å². The van der Waals surface area contributed by atoms with Crippen LogP contribution in [-0.4, -0.2) is 47.4 Å². The number of esters is 1. The van der Waals surface area contributed by atoms with Crippen LogP contribution < -0.4 is 5.32 Å². The largest absolute Gasteiger partial charge is 0.466 e. The molecule has 0 aliphatic heterocycles. The Bertz CT molecular complexity index is 1200. The van der Waals surface area contributed by atoms with E-state index in [-0.39, 0.29) is 18.5 Å². The monoisotopic (exact) mass is 1080 g/mol. The second kappa shape index (κ2) is 66.8. The molecule has 456 valence electrons. The first-order valence-electron chi connectivity index (χ1n) is 35.1. The van der Waals surface area contributed by atoms with Crippen LogP contribution >= 0.6 is 0 Å². The van der Waals surface area contributed by atoms with Crippen LogP contribution in [0, 0.1) is 0 Å². The molecule has 0 aromatic carbocycles. The van der Waals surface area contributed by atoms with Gasteiger partial charge in [-0.15, -0.1) is 0 Å². The van der Waals surface area contributed by atoms with Crippen molar-refractivity contribution in [2.75, 3.05) is 13.2 Å². The number of aliphatic hydroxyl groups excluding tert-OH is 2. The minimum atomic E-state index is -0.666. The second-order valence-electron chi connectivity index (χ2n) is 24.2. The van der Waals surface area contributed by atoms with Crippen molar-refractivity contribution in [3.63, 3.8) is 0 Å². The van der Waals surface area contributed by atoms with Crippen LogP contribution in [-0.2, 0) is 14.3 Å². The van der Waals surface area contributed by atoms with Crippen molar-refractivity contribution in [3.05, 3.63) is 24.3 Å². The number of unbranched alkanes of at least 4 members (excludes halogenated alkanes) is 51. The molecule has 3 N–H and O–H groups in total. The fourth-order valence-corrected chi connectivity index (χ4v) is 11.1. The summed E-state index contributed by atoms with van der Waals surface area (Å²) in [5.41, 5.74) is 0. The van der Waals surface area contributed by atoms with Crippen molar-refractivity contribution in [1.29, 1.82) is 0 Å². The topological polar surface area (TPSA) is 95.9 Å². The van der Waals surface area contributed by atoms with Crippen LogP contribution in [0.1, 0.15) is 393 Å². The summed E-state index contributed by atoms with van der Waals surface area (Å²) in [7, 11) is 0. The minimum absolute atomic E-state index is 0.0139. The van der Waals surface area contributed by atoms with E-state index < -0.39 is 12.1 Å². The predicted molar refractivity (Wildman–Crippen MR) is 338 cm³/mol. The Labute approximate surface area is 481 Å². The van der Waals surface area contributed by atoms with Crippen molar-refractivity contribution in [2.24, 2.45) is 0 Å². The van der Waals surface area contributed by atoms with Crippen LogP contribution in [0.2, 0.25) is 0 Å². The number of aliphatic hydroxyl groups is 2. The van der Waals surface area contributed by atoms with E-state index in [0.29, 0.717) is 25.9 Å². The highest BCUT2D eigenvalue weighted by atomic mass is 16.5. The standard InChI is InChI=1S/C71H137NO5/c1-3-5-7-9-11-13-15-17-19-21-29-33-37-41-45-49-53-57-61-65-71(76)77-66-62-58-54-50-46-42-38-34-31-28-26-24-22-23-25-27-30-32-36-40-44-48-52-56-60-64-70(75)72-68(67-73)69(74)63-59-55-51-47-43-39-35-20-18-16-14-12-10-8-6-4-2/h17,19,23,25,68-69,73-74H,3-16,18,20-22,24,26-67H2,1-2H3,(H,72,75)/b19-17-,25-23-. The van der Waals surface area contributed by atoms with E-state index >= 15 is 0 Å². The molecule has 0 saturated carbocycles. The van der Waals surface area contributed by atoms with E-state index in [9.17, 15) is 19.8 Å². The Hall–Kier alpha value is -1.66. The predicted octanol–water partition coefficient (Wildman–Crippen LogP) is 22.5. The molecule has 0 rings (SSSR count). The van der Waals surface area contributed by atoms with Gasteiger partial charge in [-0.2, -0.15) is 0 Å². The van der Waals surface area contributed by atoms with Crippen LogP contribution in [0.3, 0.4) is 0 Å². The highest BCUT2D eigenvalue weighted by molar-refractivity contribution is 5.76. The third-order valence-electron chi connectivity index (χ3n) is 16.5. The number of rotatable bonds is 66. The number of ether oxygens (including phenoxy) is 1. The summed E-state index contributed by atoms with van der Waals surface area (Å²) in [4.78, 5) is 24.6. The van der Waals surface area contributed by atoms with E-state index in [1.54, 1.807) is 0 Å². The number of hydrogen-bond donors (Lipinski definition) is 3. The number of nitrogens with one attached hydrogen (secondary N) is 1. The molecule has 0 bridgehead atoms. The summed E-state index contributed by atoms with van der Waals surface area (Å²) in [5, 5.41) is 23.3. The molecular formula is C71H137NO5. The van der Waals surface area contributed by atoms with Gasteiger partial charge in [-0.3, -0.25) is 9.59 Å². The fourth-order valence-electron chi connectivity index (χ4n) is 11.1. The van der Waals surface area contributed by atoms with E-state index in [2.05, 4.69) is 43.5 Å². The van der Waals surface area contributed by atoms with Gasteiger partial charge in [0.1, 0.15) is 0 Å². The fraction of sp³-hybridized carbons (Fsp3) is 0.915. The van der Waals surface area contributed by atoms with Crippen LogP contribution in [0.25, 0.3) is 0 Å². The van der Waals surface area contributed by atoms with Crippen molar-refractivity contribution in [1.82, 2.24) is 5.32 Å². The zero-order valence-electron chi connectivity index (χ0n) is 52.2. The van der Waals surface area contributed by atoms with Crippen molar-refractivity contribution in [3.8, 4) is 0 Å². The number of carbonyl (C=O) groups excluding carboxylic acids is 2. The van der Waals surface area contributed by atoms with Crippen molar-refractivity contribution in [2.45, 2.75) is 405 Å². The first kappa shape index (κ1) is 75.3. The number of amides is 1. The Morgan fingerprint density at radius 1 is 0.351 bits per heavy atom. The zero-order chi connectivity index (χ0) is 55.7. The van der Waals surface area contributed by atoms with Crippen LogP contribution in [0.15, 0.2) is 24.3 Å². The Morgan fingerprint density at radius 3 is 0.922 bits per heavy atom. The number of carbonyl (C=O) groups is 2. The molecule has 6 nitrogen and oxygen atoms in total. The minimum Gasteiger partial charge on any atom is -0.466 e. The lowest BCUT2D eigenvalue weighted by molar-refractivity contribution is -0.143. The lowest BCUT2D eigenvalue weighted by Gasteiger charge is -2.22. The molecule has 0 aromatic rings. The summed E-state index contributed by atoms with van der Waals surface area (Å²) >= 11 is 0. The molecule has 1 amide bonds.